The predicted octanol–water partition coefficient (Wildman–Crippen LogP) is 5.56. The van der Waals surface area contributed by atoms with Gasteiger partial charge in [0, 0.05) is 10.8 Å². The molecule has 28 heavy (non-hydrogen) atoms. The number of rotatable bonds is 4. The highest BCUT2D eigenvalue weighted by Crippen LogP contribution is 2.35. The fraction of sp³-hybridized carbons (Fsp3) is 0. The summed E-state index contributed by atoms with van der Waals surface area (Å²) in [6, 6.07) is 30.7. The molecule has 0 atom stereocenters. The summed E-state index contributed by atoms with van der Waals surface area (Å²) in [5, 5.41) is 11.0. The lowest BCUT2D eigenvalue weighted by atomic mass is 9.98. The van der Waals surface area contributed by atoms with Crippen LogP contribution in [0.4, 0.5) is 0 Å². The van der Waals surface area contributed by atoms with E-state index in [9.17, 15) is 0 Å². The summed E-state index contributed by atoms with van der Waals surface area (Å²) in [6.07, 6.45) is 0. The molecule has 0 fully saturated rings. The zero-order chi connectivity index (χ0) is 18.9. The molecule has 3 nitrogen and oxygen atoms in total. The summed E-state index contributed by atoms with van der Waals surface area (Å²) >= 11 is 0. The molecule has 0 radical (unpaired) electrons. The van der Waals surface area contributed by atoms with Gasteiger partial charge in [0.1, 0.15) is 16.9 Å². The van der Waals surface area contributed by atoms with Crippen LogP contribution in [-0.2, 0) is 0 Å². The van der Waals surface area contributed by atoms with Crippen molar-refractivity contribution in [2.24, 2.45) is 0 Å². The number of hydrogen-bond donors (Lipinski definition) is 1. The van der Waals surface area contributed by atoms with Gasteiger partial charge < -0.3 is 14.1 Å². The Labute approximate surface area is 163 Å². The van der Waals surface area contributed by atoms with E-state index in [1.54, 1.807) is 6.07 Å². The molecule has 0 aliphatic heterocycles. The second-order valence-corrected chi connectivity index (χ2v) is 6.69. The van der Waals surface area contributed by atoms with Crippen LogP contribution in [0.15, 0.2) is 95.4 Å². The van der Waals surface area contributed by atoms with Crippen LogP contribution in [0, 0.1) is 0 Å². The maximum Gasteiger partial charge on any atom is 0.504 e. The largest absolute Gasteiger partial charge is 0.539 e. The van der Waals surface area contributed by atoms with Crippen LogP contribution in [0.2, 0.25) is 0 Å². The maximum atomic E-state index is 9.02. The van der Waals surface area contributed by atoms with Crippen molar-refractivity contribution in [3.05, 3.63) is 91.0 Å². The lowest BCUT2D eigenvalue weighted by molar-refractivity contribution is 0.454. The number of furan rings is 1. The highest BCUT2D eigenvalue weighted by atomic mass is 16.5. The minimum atomic E-state index is -0.348. The molecular formula is C24H17BO3. The molecule has 5 aromatic rings. The highest BCUT2D eigenvalue weighted by molar-refractivity contribution is 6.17. The van der Waals surface area contributed by atoms with E-state index in [1.165, 1.54) is 11.1 Å². The predicted molar refractivity (Wildman–Crippen MR) is 115 cm³/mol. The van der Waals surface area contributed by atoms with E-state index >= 15 is 0 Å². The summed E-state index contributed by atoms with van der Waals surface area (Å²) in [5.74, 6) is 0.620. The van der Waals surface area contributed by atoms with Gasteiger partial charge in [-0.05, 0) is 58.7 Å². The molecule has 0 bridgehead atoms. The van der Waals surface area contributed by atoms with Crippen LogP contribution in [0.3, 0.4) is 0 Å². The van der Waals surface area contributed by atoms with Crippen LogP contribution in [0.5, 0.6) is 5.75 Å². The van der Waals surface area contributed by atoms with Crippen molar-refractivity contribution in [1.82, 2.24) is 0 Å². The summed E-state index contributed by atoms with van der Waals surface area (Å²) in [4.78, 5) is 0. The van der Waals surface area contributed by atoms with Gasteiger partial charge in [0.05, 0.1) is 0 Å². The minimum Gasteiger partial charge on any atom is -0.539 e. The van der Waals surface area contributed by atoms with E-state index in [4.69, 9.17) is 14.1 Å². The third kappa shape index (κ3) is 2.94. The Hall–Kier alpha value is -3.50. The summed E-state index contributed by atoms with van der Waals surface area (Å²) in [6.45, 7) is 0. The average Bonchev–Trinajstić information content (AvgIpc) is 3.12. The first-order chi connectivity index (χ1) is 13.8. The van der Waals surface area contributed by atoms with Gasteiger partial charge in [0.25, 0.3) is 0 Å². The Morgan fingerprint density at radius 2 is 1.25 bits per heavy atom. The van der Waals surface area contributed by atoms with Gasteiger partial charge in [-0.1, -0.05) is 54.6 Å². The van der Waals surface area contributed by atoms with E-state index in [1.807, 2.05) is 24.3 Å². The zero-order valence-electron chi connectivity index (χ0n) is 15.1. The Balaban J connectivity index is 1.63. The molecule has 1 aromatic heterocycles. The zero-order valence-corrected chi connectivity index (χ0v) is 15.1. The quantitative estimate of drug-likeness (QED) is 0.425. The average molecular weight is 364 g/mol. The van der Waals surface area contributed by atoms with E-state index in [0.29, 0.717) is 5.75 Å². The van der Waals surface area contributed by atoms with Crippen molar-refractivity contribution >= 4 is 29.6 Å². The maximum absolute atomic E-state index is 9.02. The van der Waals surface area contributed by atoms with E-state index in [2.05, 4.69) is 60.7 Å². The molecule has 0 aliphatic rings. The molecule has 0 amide bonds. The van der Waals surface area contributed by atoms with Crippen molar-refractivity contribution in [3.8, 4) is 28.0 Å². The topological polar surface area (TPSA) is 42.6 Å². The standard InChI is InChI=1S/C24H17BO3/c26-25-28-20-10-12-24-22(15-20)21-14-19(9-11-23(21)27-24)18-8-4-7-17(13-18)16-5-2-1-3-6-16/h1-15,25-26H. The van der Waals surface area contributed by atoms with Crippen LogP contribution >= 0.6 is 0 Å². The van der Waals surface area contributed by atoms with Gasteiger partial charge in [0.2, 0.25) is 0 Å². The van der Waals surface area contributed by atoms with E-state index in [-0.39, 0.29) is 7.69 Å². The van der Waals surface area contributed by atoms with Gasteiger partial charge in [-0.3, -0.25) is 0 Å². The normalized spacial score (nSPS) is 11.0. The first kappa shape index (κ1) is 16.7. The van der Waals surface area contributed by atoms with Crippen molar-refractivity contribution in [2.75, 3.05) is 0 Å². The third-order valence-corrected chi connectivity index (χ3v) is 4.97. The van der Waals surface area contributed by atoms with Crippen LogP contribution in [0.1, 0.15) is 0 Å². The molecule has 0 spiro atoms. The number of benzene rings is 4. The van der Waals surface area contributed by atoms with Crippen molar-refractivity contribution < 1.29 is 14.1 Å². The third-order valence-electron chi connectivity index (χ3n) is 4.97. The molecule has 5 rings (SSSR count). The van der Waals surface area contributed by atoms with E-state index < -0.39 is 0 Å². The highest BCUT2D eigenvalue weighted by Gasteiger charge is 2.10. The minimum absolute atomic E-state index is 0.348. The number of hydrogen-bond acceptors (Lipinski definition) is 3. The second-order valence-electron chi connectivity index (χ2n) is 6.69. The molecule has 4 heteroatoms. The van der Waals surface area contributed by atoms with Gasteiger partial charge in [-0.2, -0.15) is 0 Å². The van der Waals surface area contributed by atoms with Crippen molar-refractivity contribution in [2.45, 2.75) is 0 Å². The first-order valence-corrected chi connectivity index (χ1v) is 9.18. The molecule has 0 aliphatic carbocycles. The molecule has 0 saturated heterocycles. The summed E-state index contributed by atoms with van der Waals surface area (Å²) in [5.41, 5.74) is 6.30. The smallest absolute Gasteiger partial charge is 0.504 e. The van der Waals surface area contributed by atoms with Crippen LogP contribution in [-0.4, -0.2) is 12.7 Å². The van der Waals surface area contributed by atoms with Crippen molar-refractivity contribution in [1.29, 1.82) is 0 Å². The Morgan fingerprint density at radius 3 is 2.04 bits per heavy atom. The lowest BCUT2D eigenvalue weighted by Crippen LogP contribution is -1.98. The second kappa shape index (κ2) is 6.91. The fourth-order valence-corrected chi connectivity index (χ4v) is 3.61. The lowest BCUT2D eigenvalue weighted by Gasteiger charge is -2.06. The Bertz CT molecular complexity index is 1280. The molecule has 1 heterocycles. The van der Waals surface area contributed by atoms with Gasteiger partial charge in [-0.25, -0.2) is 0 Å². The van der Waals surface area contributed by atoms with Crippen LogP contribution < -0.4 is 4.65 Å². The van der Waals surface area contributed by atoms with Gasteiger partial charge >= 0.3 is 7.69 Å². The summed E-state index contributed by atoms with van der Waals surface area (Å²) < 4.78 is 11.2. The molecule has 134 valence electrons. The molecule has 0 saturated carbocycles. The number of fused-ring (bicyclic) bond motifs is 3. The fourth-order valence-electron chi connectivity index (χ4n) is 3.61. The van der Waals surface area contributed by atoms with Crippen LogP contribution in [0.25, 0.3) is 44.2 Å². The monoisotopic (exact) mass is 364 g/mol. The van der Waals surface area contributed by atoms with E-state index in [0.717, 1.165) is 33.1 Å². The SMILES string of the molecule is OBOc1ccc2oc3ccc(-c4cccc(-c5ccccc5)c4)cc3c2c1. The molecular weight excluding hydrogens is 347 g/mol. The van der Waals surface area contributed by atoms with Crippen molar-refractivity contribution in [3.63, 3.8) is 0 Å². The molecule has 4 aromatic carbocycles. The summed E-state index contributed by atoms with van der Waals surface area (Å²) in [7, 11) is -0.348. The Morgan fingerprint density at radius 1 is 0.607 bits per heavy atom. The van der Waals surface area contributed by atoms with Gasteiger partial charge in [0.15, 0.2) is 0 Å². The van der Waals surface area contributed by atoms with Gasteiger partial charge in [-0.15, -0.1) is 0 Å². The molecule has 0 unspecified atom stereocenters. The Kier molecular flexibility index (Phi) is 4.11. The first-order valence-electron chi connectivity index (χ1n) is 9.18. The molecule has 1 N–H and O–H groups in total.